The van der Waals surface area contributed by atoms with Gasteiger partial charge in [-0.05, 0) is 53.6 Å². The van der Waals surface area contributed by atoms with E-state index in [4.69, 9.17) is 4.42 Å². The first-order valence-corrected chi connectivity index (χ1v) is 10.0. The van der Waals surface area contributed by atoms with Crippen LogP contribution in [0.25, 0.3) is 22.2 Å². The molecule has 5 nitrogen and oxygen atoms in total. The third kappa shape index (κ3) is 3.25. The lowest BCUT2D eigenvalue weighted by molar-refractivity contribution is 0.561. The molecule has 0 aliphatic rings. The van der Waals surface area contributed by atoms with Crippen molar-refractivity contribution >= 4 is 26.8 Å². The predicted molar refractivity (Wildman–Crippen MR) is 106 cm³/mol. The van der Waals surface area contributed by atoms with Gasteiger partial charge in [-0.25, -0.2) is 17.8 Å². The number of aryl methyl sites for hydroxylation is 1. The highest BCUT2D eigenvalue weighted by molar-refractivity contribution is 7.92. The van der Waals surface area contributed by atoms with Crippen molar-refractivity contribution in [3.8, 4) is 11.1 Å². The first-order valence-electron chi connectivity index (χ1n) is 8.57. The molecule has 0 unspecified atom stereocenters. The largest absolute Gasteiger partial charge is 0.441 e. The molecule has 1 heterocycles. The Labute approximate surface area is 162 Å². The molecule has 0 amide bonds. The molecular weight excluding hydrogens is 379 g/mol. The lowest BCUT2D eigenvalue weighted by Crippen LogP contribution is -2.26. The third-order valence-electron chi connectivity index (χ3n) is 4.51. The Bertz CT molecular complexity index is 1260. The van der Waals surface area contributed by atoms with Gasteiger partial charge >= 0.3 is 0 Å². The monoisotopic (exact) mass is 396 g/mol. The topological polar surface area (TPSA) is 63.4 Å². The number of rotatable bonds is 4. The van der Waals surface area contributed by atoms with E-state index in [-0.39, 0.29) is 10.7 Å². The number of hydrogen-bond donors (Lipinski definition) is 0. The number of benzene rings is 3. The summed E-state index contributed by atoms with van der Waals surface area (Å²) in [4.78, 5) is 4.40. The second kappa shape index (κ2) is 6.76. The molecule has 28 heavy (non-hydrogen) atoms. The minimum Gasteiger partial charge on any atom is -0.441 e. The molecular formula is C21H17FN2O3S. The van der Waals surface area contributed by atoms with Crippen molar-refractivity contribution in [2.75, 3.05) is 11.4 Å². The van der Waals surface area contributed by atoms with Gasteiger partial charge in [0.15, 0.2) is 11.5 Å². The first kappa shape index (κ1) is 18.2. The van der Waals surface area contributed by atoms with Gasteiger partial charge in [0.2, 0.25) is 0 Å². The minimum absolute atomic E-state index is 0.147. The van der Waals surface area contributed by atoms with Gasteiger partial charge in [0.05, 0.1) is 10.6 Å². The average molecular weight is 396 g/mol. The third-order valence-corrected chi connectivity index (χ3v) is 6.29. The van der Waals surface area contributed by atoms with E-state index in [1.165, 1.54) is 29.6 Å². The second-order valence-electron chi connectivity index (χ2n) is 6.39. The maximum absolute atomic E-state index is 13.2. The zero-order valence-electron chi connectivity index (χ0n) is 15.3. The molecule has 0 aliphatic carbocycles. The van der Waals surface area contributed by atoms with Crippen molar-refractivity contribution in [2.45, 2.75) is 11.8 Å². The minimum atomic E-state index is -3.79. The molecule has 0 bridgehead atoms. The van der Waals surface area contributed by atoms with Gasteiger partial charge in [0, 0.05) is 14.0 Å². The van der Waals surface area contributed by atoms with E-state index >= 15 is 0 Å². The summed E-state index contributed by atoms with van der Waals surface area (Å²) in [5.41, 5.74) is 3.10. The van der Waals surface area contributed by atoms with E-state index < -0.39 is 10.0 Å². The van der Waals surface area contributed by atoms with Gasteiger partial charge in [0.1, 0.15) is 11.3 Å². The molecule has 0 aliphatic heterocycles. The quantitative estimate of drug-likeness (QED) is 0.499. The van der Waals surface area contributed by atoms with Crippen LogP contribution >= 0.6 is 0 Å². The fraction of sp³-hybridized carbons (Fsp3) is 0.0952. The van der Waals surface area contributed by atoms with Crippen LogP contribution in [0.2, 0.25) is 0 Å². The second-order valence-corrected chi connectivity index (χ2v) is 8.36. The van der Waals surface area contributed by atoms with Crippen LogP contribution in [0.4, 0.5) is 10.1 Å². The lowest BCUT2D eigenvalue weighted by Gasteiger charge is -2.20. The van der Waals surface area contributed by atoms with E-state index in [0.717, 1.165) is 5.56 Å². The molecule has 4 aromatic rings. The fourth-order valence-corrected chi connectivity index (χ4v) is 4.24. The smallest absolute Gasteiger partial charge is 0.264 e. The Balaban J connectivity index is 1.72. The average Bonchev–Trinajstić information content (AvgIpc) is 3.07. The van der Waals surface area contributed by atoms with Crippen LogP contribution in [0, 0.1) is 12.7 Å². The van der Waals surface area contributed by atoms with Crippen molar-refractivity contribution in [1.29, 1.82) is 0 Å². The number of nitrogens with zero attached hydrogens (tertiary/aromatic N) is 2. The summed E-state index contributed by atoms with van der Waals surface area (Å²) in [5.74, 6) is 0.176. The summed E-state index contributed by atoms with van der Waals surface area (Å²) in [5, 5.41) is 0. The number of aromatic nitrogens is 1. The number of sulfonamides is 1. The molecule has 0 N–H and O–H groups in total. The molecule has 0 saturated carbocycles. The molecule has 1 aromatic heterocycles. The summed E-state index contributed by atoms with van der Waals surface area (Å²) >= 11 is 0. The predicted octanol–water partition coefficient (Wildman–Crippen LogP) is 4.77. The number of oxazole rings is 1. The van der Waals surface area contributed by atoms with Crippen LogP contribution < -0.4 is 4.31 Å². The Hall–Kier alpha value is -3.19. The Morgan fingerprint density at radius 3 is 2.46 bits per heavy atom. The van der Waals surface area contributed by atoms with Crippen molar-refractivity contribution in [3.05, 3.63) is 78.4 Å². The summed E-state index contributed by atoms with van der Waals surface area (Å²) in [7, 11) is -2.30. The van der Waals surface area contributed by atoms with Crippen molar-refractivity contribution < 1.29 is 17.2 Å². The normalized spacial score (nSPS) is 11.7. The Morgan fingerprint density at radius 1 is 0.964 bits per heavy atom. The first-order chi connectivity index (χ1) is 13.3. The van der Waals surface area contributed by atoms with Gasteiger partial charge in [-0.2, -0.15) is 0 Å². The number of fused-ring (bicyclic) bond motifs is 1. The molecule has 0 saturated heterocycles. The molecule has 142 valence electrons. The zero-order chi connectivity index (χ0) is 19.9. The van der Waals surface area contributed by atoms with Crippen molar-refractivity contribution in [1.82, 2.24) is 4.98 Å². The van der Waals surface area contributed by atoms with Crippen LogP contribution in [0.3, 0.4) is 0 Å². The van der Waals surface area contributed by atoms with E-state index in [1.54, 1.807) is 55.5 Å². The Morgan fingerprint density at radius 2 is 1.71 bits per heavy atom. The number of hydrogen-bond acceptors (Lipinski definition) is 4. The van der Waals surface area contributed by atoms with Gasteiger partial charge in [-0.1, -0.05) is 24.3 Å². The van der Waals surface area contributed by atoms with E-state index in [2.05, 4.69) is 4.98 Å². The molecule has 0 fully saturated rings. The van der Waals surface area contributed by atoms with Gasteiger partial charge in [-0.3, -0.25) is 4.31 Å². The summed E-state index contributed by atoms with van der Waals surface area (Å²) in [6.45, 7) is 1.74. The summed E-state index contributed by atoms with van der Waals surface area (Å²) in [6.07, 6.45) is 0. The molecule has 7 heteroatoms. The van der Waals surface area contributed by atoms with Crippen molar-refractivity contribution in [2.24, 2.45) is 0 Å². The van der Waals surface area contributed by atoms with Crippen LogP contribution in [-0.2, 0) is 10.0 Å². The summed E-state index contributed by atoms with van der Waals surface area (Å²) in [6, 6.07) is 17.6. The standard InChI is InChI=1S/C21H17FN2O3S/c1-14-23-20-13-18(10-11-21(20)27-14)24(2)28(25,26)19-5-3-4-16(12-19)15-6-8-17(22)9-7-15/h3-13H,1-2H3. The van der Waals surface area contributed by atoms with Crippen LogP contribution in [0.5, 0.6) is 0 Å². The molecule has 0 spiro atoms. The van der Waals surface area contributed by atoms with E-state index in [1.807, 2.05) is 0 Å². The van der Waals surface area contributed by atoms with E-state index in [0.29, 0.717) is 28.2 Å². The van der Waals surface area contributed by atoms with Gasteiger partial charge in [-0.15, -0.1) is 0 Å². The maximum atomic E-state index is 13.2. The van der Waals surface area contributed by atoms with Crippen LogP contribution in [-0.4, -0.2) is 20.4 Å². The Kier molecular flexibility index (Phi) is 4.39. The van der Waals surface area contributed by atoms with E-state index in [9.17, 15) is 12.8 Å². The van der Waals surface area contributed by atoms with Crippen molar-refractivity contribution in [3.63, 3.8) is 0 Å². The fourth-order valence-electron chi connectivity index (χ4n) is 3.00. The summed E-state index contributed by atoms with van der Waals surface area (Å²) < 4.78 is 46.1. The van der Waals surface area contributed by atoms with Gasteiger partial charge < -0.3 is 4.42 Å². The molecule has 0 radical (unpaired) electrons. The number of halogens is 1. The number of anilines is 1. The SMILES string of the molecule is Cc1nc2cc(N(C)S(=O)(=O)c3cccc(-c4ccc(F)cc4)c3)ccc2o1. The maximum Gasteiger partial charge on any atom is 0.264 e. The zero-order valence-corrected chi connectivity index (χ0v) is 16.1. The van der Waals surface area contributed by atoms with Gasteiger partial charge in [0.25, 0.3) is 10.0 Å². The highest BCUT2D eigenvalue weighted by Crippen LogP contribution is 2.28. The van der Waals surface area contributed by atoms with Crippen LogP contribution in [0.1, 0.15) is 5.89 Å². The molecule has 0 atom stereocenters. The lowest BCUT2D eigenvalue weighted by atomic mass is 10.1. The highest BCUT2D eigenvalue weighted by Gasteiger charge is 2.22. The van der Waals surface area contributed by atoms with Crippen LogP contribution in [0.15, 0.2) is 76.0 Å². The highest BCUT2D eigenvalue weighted by atomic mass is 32.2. The molecule has 4 rings (SSSR count). The molecule has 3 aromatic carbocycles.